The van der Waals surface area contributed by atoms with Crippen LogP contribution >= 0.6 is 15.9 Å². The van der Waals surface area contributed by atoms with E-state index in [1.165, 1.54) is 0 Å². The molecule has 1 aromatic carbocycles. The first-order chi connectivity index (χ1) is 8.60. The number of rotatable bonds is 6. The zero-order valence-electron chi connectivity index (χ0n) is 11.0. The molecule has 0 saturated heterocycles. The molecule has 0 radical (unpaired) electrons. The first-order valence-corrected chi connectivity index (χ1v) is 7.93. The Balaban J connectivity index is 2.96. The van der Waals surface area contributed by atoms with Crippen LogP contribution in [0.15, 0.2) is 32.0 Å². The fourth-order valence-corrected chi connectivity index (χ4v) is 3.28. The van der Waals surface area contributed by atoms with E-state index in [4.69, 9.17) is 0 Å². The van der Waals surface area contributed by atoms with E-state index in [2.05, 4.69) is 27.3 Å². The highest BCUT2D eigenvalue weighted by Gasteiger charge is 2.19. The average molecular weight is 331 g/mol. The molecule has 5 heteroatoms. The van der Waals surface area contributed by atoms with Crippen molar-refractivity contribution >= 4 is 33.6 Å². The van der Waals surface area contributed by atoms with Crippen LogP contribution in [0.5, 0.6) is 0 Å². The van der Waals surface area contributed by atoms with Gasteiger partial charge in [0.25, 0.3) is 0 Å². The number of aryl methyl sites for hydroxylation is 1. The maximum absolute atomic E-state index is 12.2. The molecule has 0 aliphatic heterocycles. The Kier molecular flexibility index (Phi) is 6.75. The van der Waals surface area contributed by atoms with Gasteiger partial charge in [0, 0.05) is 19.2 Å². The first-order valence-electron chi connectivity index (χ1n) is 6.03. The molecular weight excluding hydrogens is 312 g/mol. The number of benzene rings is 1. The largest absolute Gasteiger partial charge is 0.586 e. The van der Waals surface area contributed by atoms with E-state index in [-0.39, 0.29) is 0 Å². The number of hydrogen-bond donors (Lipinski definition) is 0. The molecule has 1 atom stereocenters. The van der Waals surface area contributed by atoms with Gasteiger partial charge in [-0.3, -0.25) is 0 Å². The van der Waals surface area contributed by atoms with E-state index < -0.39 is 11.4 Å². The lowest BCUT2D eigenvalue weighted by Gasteiger charge is -2.12. The first kappa shape index (κ1) is 15.5. The molecule has 0 N–H and O–H groups in total. The van der Waals surface area contributed by atoms with Gasteiger partial charge >= 0.3 is 0 Å². The fourth-order valence-electron chi connectivity index (χ4n) is 1.47. The van der Waals surface area contributed by atoms with Gasteiger partial charge in [-0.2, -0.15) is 0 Å². The average Bonchev–Trinajstić information content (AvgIpc) is 2.36. The zero-order valence-corrected chi connectivity index (χ0v) is 13.4. The molecule has 100 valence electrons. The highest BCUT2D eigenvalue weighted by atomic mass is 79.9. The summed E-state index contributed by atoms with van der Waals surface area (Å²) in [6.45, 7) is 4.98. The van der Waals surface area contributed by atoms with Gasteiger partial charge in [0.05, 0.1) is 4.47 Å². The second-order valence-corrected chi connectivity index (χ2v) is 5.99. The minimum Gasteiger partial charge on any atom is -0.586 e. The molecule has 0 aromatic heterocycles. The Morgan fingerprint density at radius 3 is 2.78 bits per heavy atom. The third kappa shape index (κ3) is 4.30. The topological polar surface area (TPSA) is 38.7 Å². The van der Waals surface area contributed by atoms with Crippen LogP contribution in [0.25, 0.3) is 0 Å². The number of hydrogen-bond acceptors (Lipinski definition) is 2. The predicted octanol–water partition coefficient (Wildman–Crippen LogP) is 3.40. The van der Waals surface area contributed by atoms with E-state index in [1.54, 1.807) is 6.34 Å². The summed E-state index contributed by atoms with van der Waals surface area (Å²) in [5, 5.41) is 0. The Morgan fingerprint density at radius 1 is 1.44 bits per heavy atom. The van der Waals surface area contributed by atoms with Crippen LogP contribution in [0.3, 0.4) is 0 Å². The summed E-state index contributed by atoms with van der Waals surface area (Å²) in [7, 11) is 1.91. The quantitative estimate of drug-likeness (QED) is 0.455. The molecule has 1 aromatic rings. The van der Waals surface area contributed by atoms with Gasteiger partial charge in [-0.05, 0) is 39.7 Å². The second kappa shape index (κ2) is 7.81. The smallest absolute Gasteiger partial charge is 0.199 e. The van der Waals surface area contributed by atoms with E-state index in [9.17, 15) is 4.55 Å². The summed E-state index contributed by atoms with van der Waals surface area (Å²) >= 11 is 2.11. The van der Waals surface area contributed by atoms with Crippen molar-refractivity contribution in [1.82, 2.24) is 4.90 Å². The molecule has 0 bridgehead atoms. The van der Waals surface area contributed by atoms with Crippen molar-refractivity contribution in [2.45, 2.75) is 31.6 Å². The molecule has 1 unspecified atom stereocenters. The van der Waals surface area contributed by atoms with Gasteiger partial charge in [-0.25, -0.2) is 0 Å². The van der Waals surface area contributed by atoms with Gasteiger partial charge in [0.1, 0.15) is 17.7 Å². The lowest BCUT2D eigenvalue weighted by molar-refractivity contribution is 0.550. The molecule has 0 heterocycles. The zero-order chi connectivity index (χ0) is 13.5. The van der Waals surface area contributed by atoms with Gasteiger partial charge in [0.2, 0.25) is 0 Å². The molecule has 0 spiro atoms. The Hall–Kier alpha value is -0.520. The number of halogens is 1. The summed E-state index contributed by atoms with van der Waals surface area (Å²) in [6, 6.07) is 5.89. The third-order valence-electron chi connectivity index (χ3n) is 2.58. The lowest BCUT2D eigenvalue weighted by Crippen LogP contribution is -2.16. The summed E-state index contributed by atoms with van der Waals surface area (Å²) in [5.74, 6) is 0. The van der Waals surface area contributed by atoms with Crippen LogP contribution in [-0.2, 0) is 17.8 Å². The van der Waals surface area contributed by atoms with Crippen LogP contribution in [-0.4, -0.2) is 29.4 Å². The molecule has 3 nitrogen and oxygen atoms in total. The van der Waals surface area contributed by atoms with Crippen molar-refractivity contribution in [2.75, 3.05) is 13.6 Å². The van der Waals surface area contributed by atoms with Crippen molar-refractivity contribution in [3.63, 3.8) is 0 Å². The molecular formula is C13H19BrN2OS. The van der Waals surface area contributed by atoms with Crippen molar-refractivity contribution in [1.29, 1.82) is 0 Å². The molecule has 1 rings (SSSR count). The maximum Gasteiger partial charge on any atom is 0.199 e. The van der Waals surface area contributed by atoms with Gasteiger partial charge in [-0.15, -0.1) is 0 Å². The van der Waals surface area contributed by atoms with Crippen LogP contribution in [0.1, 0.15) is 25.8 Å². The molecule has 0 aliphatic carbocycles. The van der Waals surface area contributed by atoms with Crippen LogP contribution < -0.4 is 0 Å². The monoisotopic (exact) mass is 330 g/mol. The van der Waals surface area contributed by atoms with E-state index >= 15 is 0 Å². The summed E-state index contributed by atoms with van der Waals surface area (Å²) in [4.78, 5) is 2.69. The molecule has 0 saturated carbocycles. The Morgan fingerprint density at radius 2 is 2.17 bits per heavy atom. The highest BCUT2D eigenvalue weighted by molar-refractivity contribution is 9.10. The Labute approximate surface area is 121 Å². The minimum atomic E-state index is -1.35. The lowest BCUT2D eigenvalue weighted by atomic mass is 10.1. The molecule has 0 aliphatic rings. The normalized spacial score (nSPS) is 12.9. The summed E-state index contributed by atoms with van der Waals surface area (Å²) in [6.07, 6.45) is 3.57. The van der Waals surface area contributed by atoms with E-state index in [0.29, 0.717) is 0 Å². The third-order valence-corrected chi connectivity index (χ3v) is 4.62. The fraction of sp³-hybridized carbons (Fsp3) is 0.462. The standard InChI is InChI=1S/C13H19BrN2OS/c1-4-7-11-8-6-9-12(14)13(11)18(17)15-10-16(3)5-2/h6,8-10H,4-5,7H2,1-3H3. The van der Waals surface area contributed by atoms with Gasteiger partial charge in [0.15, 0.2) is 4.90 Å². The van der Waals surface area contributed by atoms with Crippen molar-refractivity contribution in [3.05, 3.63) is 28.2 Å². The molecule has 0 fully saturated rings. The molecule has 0 amide bonds. The van der Waals surface area contributed by atoms with Crippen molar-refractivity contribution in [3.8, 4) is 0 Å². The van der Waals surface area contributed by atoms with E-state index in [1.807, 2.05) is 37.1 Å². The van der Waals surface area contributed by atoms with Crippen LogP contribution in [0.4, 0.5) is 0 Å². The SMILES string of the molecule is CCCc1cccc(Br)c1[S+]([O-])N=CN(C)CC. The second-order valence-electron chi connectivity index (χ2n) is 4.02. The van der Waals surface area contributed by atoms with Crippen LogP contribution in [0.2, 0.25) is 0 Å². The van der Waals surface area contributed by atoms with Gasteiger partial charge in [-0.1, -0.05) is 25.5 Å². The van der Waals surface area contributed by atoms with Gasteiger partial charge < -0.3 is 9.45 Å². The predicted molar refractivity (Wildman–Crippen MR) is 81.3 cm³/mol. The van der Waals surface area contributed by atoms with Crippen LogP contribution in [0, 0.1) is 0 Å². The van der Waals surface area contributed by atoms with E-state index in [0.717, 1.165) is 34.3 Å². The van der Waals surface area contributed by atoms with Crippen molar-refractivity contribution < 1.29 is 4.55 Å². The van der Waals surface area contributed by atoms with Crippen molar-refractivity contribution in [2.24, 2.45) is 4.40 Å². The minimum absolute atomic E-state index is 0.792. The summed E-state index contributed by atoms with van der Waals surface area (Å²) in [5.41, 5.74) is 1.10. The number of nitrogens with zero attached hydrogens (tertiary/aromatic N) is 2. The maximum atomic E-state index is 12.2. The highest BCUT2D eigenvalue weighted by Crippen LogP contribution is 2.28. The Bertz CT molecular complexity index is 412. The summed E-state index contributed by atoms with van der Waals surface area (Å²) < 4.78 is 17.2. The molecule has 18 heavy (non-hydrogen) atoms.